The lowest BCUT2D eigenvalue weighted by Crippen LogP contribution is -2.53. The van der Waals surface area contributed by atoms with Gasteiger partial charge in [0, 0.05) is 13.0 Å². The third-order valence-electron chi connectivity index (χ3n) is 10.5. The van der Waals surface area contributed by atoms with Crippen molar-refractivity contribution in [2.45, 2.75) is 112 Å². The number of ether oxygens (including phenoxy) is 1. The number of carbonyl (C=O) groups is 1. The van der Waals surface area contributed by atoms with E-state index in [9.17, 15) is 4.79 Å². The molecule has 0 spiro atoms. The zero-order chi connectivity index (χ0) is 23.4. The highest BCUT2D eigenvalue weighted by atomic mass is 16.5. The van der Waals surface area contributed by atoms with Gasteiger partial charge in [-0.3, -0.25) is 10.1 Å². The number of ketones is 1. The maximum atomic E-state index is 12.2. The molecule has 4 rings (SSSR count). The van der Waals surface area contributed by atoms with E-state index in [2.05, 4.69) is 33.0 Å². The van der Waals surface area contributed by atoms with Crippen LogP contribution in [0.2, 0.25) is 0 Å². The van der Waals surface area contributed by atoms with Crippen LogP contribution in [-0.4, -0.2) is 26.2 Å². The molecule has 4 aliphatic rings. The quantitative estimate of drug-likeness (QED) is 0.330. The Labute approximate surface area is 199 Å². The summed E-state index contributed by atoms with van der Waals surface area (Å²) in [5.74, 6) is 5.43. The van der Waals surface area contributed by atoms with Crippen LogP contribution in [0.1, 0.15) is 112 Å². The third-order valence-corrected chi connectivity index (χ3v) is 10.5. The van der Waals surface area contributed by atoms with E-state index >= 15 is 0 Å². The van der Waals surface area contributed by atoms with Gasteiger partial charge in [-0.15, -0.1) is 0 Å². The van der Waals surface area contributed by atoms with E-state index in [4.69, 9.17) is 4.74 Å². The molecule has 0 bridgehead atoms. The topological polar surface area (TPSA) is 38.3 Å². The standard InChI is InChI=1S/C21H34O.C8H19NO/c1-14(22)17-9-10-18-16-8-7-15-6-4-5-12-20(15,2)19(16)11-13-21(17,18)3;1-8(2)5-4-6-9-7-10-3/h15-19H,4-13H2,1-3H3;8-9H,4-7H2,1-3H3/t15?,16?,17-,18?,19?,20?,21?;/m1./s1. The summed E-state index contributed by atoms with van der Waals surface area (Å²) < 4.78 is 4.84. The van der Waals surface area contributed by atoms with Crippen LogP contribution >= 0.6 is 0 Å². The van der Waals surface area contributed by atoms with Gasteiger partial charge in [-0.05, 0) is 118 Å². The molecule has 4 saturated carbocycles. The second-order valence-electron chi connectivity index (χ2n) is 12.7. The first-order valence-corrected chi connectivity index (χ1v) is 13.9. The van der Waals surface area contributed by atoms with Gasteiger partial charge in [0.05, 0.1) is 6.73 Å². The van der Waals surface area contributed by atoms with Crippen LogP contribution in [-0.2, 0) is 9.53 Å². The Morgan fingerprint density at radius 2 is 1.72 bits per heavy atom. The minimum absolute atomic E-state index is 0.338. The van der Waals surface area contributed by atoms with Gasteiger partial charge < -0.3 is 4.74 Å². The molecule has 0 heterocycles. The summed E-state index contributed by atoms with van der Waals surface area (Å²) in [5.41, 5.74) is 0.974. The van der Waals surface area contributed by atoms with Crippen LogP contribution in [0.5, 0.6) is 0 Å². The summed E-state index contributed by atoms with van der Waals surface area (Å²) in [6, 6.07) is 0. The molecule has 4 aliphatic carbocycles. The van der Waals surface area contributed by atoms with Crippen LogP contribution in [0.15, 0.2) is 0 Å². The summed E-state index contributed by atoms with van der Waals surface area (Å²) in [7, 11) is 1.70. The predicted molar refractivity (Wildman–Crippen MR) is 134 cm³/mol. The van der Waals surface area contributed by atoms with Gasteiger partial charge in [0.1, 0.15) is 5.78 Å². The molecular formula is C29H53NO2. The molecule has 32 heavy (non-hydrogen) atoms. The third kappa shape index (κ3) is 5.45. The molecule has 0 aromatic carbocycles. The fraction of sp³-hybridized carbons (Fsp3) is 0.966. The SMILES string of the molecule is CC(=O)[C@H]1CCC2C3CCC4CCCCC4(C)C3CCC21C.COCNCCCC(C)C. The van der Waals surface area contributed by atoms with Crippen LogP contribution in [0.25, 0.3) is 0 Å². The number of carbonyl (C=O) groups excluding carboxylic acids is 1. The highest BCUT2D eigenvalue weighted by Crippen LogP contribution is 2.67. The summed E-state index contributed by atoms with van der Waals surface area (Å²) in [4.78, 5) is 12.2. The number of methoxy groups -OCH3 is 1. The van der Waals surface area contributed by atoms with Crippen LogP contribution in [0.4, 0.5) is 0 Å². The van der Waals surface area contributed by atoms with Crippen molar-refractivity contribution in [2.24, 2.45) is 46.3 Å². The summed E-state index contributed by atoms with van der Waals surface area (Å²) in [6.45, 7) is 13.2. The lowest BCUT2D eigenvalue weighted by Gasteiger charge is -2.60. The fourth-order valence-electron chi connectivity index (χ4n) is 8.77. The second-order valence-corrected chi connectivity index (χ2v) is 12.7. The number of Topliss-reactive ketones (excluding diaryl/α,β-unsaturated/α-hetero) is 1. The highest BCUT2D eigenvalue weighted by molar-refractivity contribution is 5.79. The summed E-state index contributed by atoms with van der Waals surface area (Å²) >= 11 is 0. The Kier molecular flexibility index (Phi) is 9.29. The van der Waals surface area contributed by atoms with Crippen molar-refractivity contribution in [2.75, 3.05) is 20.4 Å². The zero-order valence-electron chi connectivity index (χ0n) is 22.2. The average Bonchev–Trinajstić information content (AvgIpc) is 3.11. The number of nitrogens with one attached hydrogen (secondary N) is 1. The monoisotopic (exact) mass is 447 g/mol. The summed E-state index contributed by atoms with van der Waals surface area (Å²) in [6.07, 6.45) is 16.7. The first-order chi connectivity index (χ1) is 15.2. The molecule has 6 unspecified atom stereocenters. The van der Waals surface area contributed by atoms with Gasteiger partial charge in [-0.25, -0.2) is 0 Å². The number of fused-ring (bicyclic) bond motifs is 5. The van der Waals surface area contributed by atoms with Crippen LogP contribution in [0, 0.1) is 46.3 Å². The molecule has 4 fully saturated rings. The van der Waals surface area contributed by atoms with E-state index in [0.29, 0.717) is 29.3 Å². The Morgan fingerprint density at radius 1 is 0.969 bits per heavy atom. The van der Waals surface area contributed by atoms with Crippen molar-refractivity contribution in [1.29, 1.82) is 0 Å². The zero-order valence-corrected chi connectivity index (χ0v) is 22.2. The number of hydrogen-bond donors (Lipinski definition) is 1. The second kappa shape index (κ2) is 11.3. The van der Waals surface area contributed by atoms with Gasteiger partial charge in [-0.2, -0.15) is 0 Å². The Hall–Kier alpha value is -0.410. The van der Waals surface area contributed by atoms with Crippen molar-refractivity contribution in [1.82, 2.24) is 5.32 Å². The largest absolute Gasteiger partial charge is 0.370 e. The predicted octanol–water partition coefficient (Wildman–Crippen LogP) is 7.24. The molecule has 0 aromatic rings. The molecular weight excluding hydrogens is 394 g/mol. The maximum absolute atomic E-state index is 12.2. The summed E-state index contributed by atoms with van der Waals surface area (Å²) in [5, 5.41) is 3.17. The molecule has 3 nitrogen and oxygen atoms in total. The Morgan fingerprint density at radius 3 is 2.41 bits per heavy atom. The Balaban J connectivity index is 0.000000247. The molecule has 186 valence electrons. The van der Waals surface area contributed by atoms with Crippen molar-refractivity contribution < 1.29 is 9.53 Å². The lowest BCUT2D eigenvalue weighted by atomic mass is 9.45. The molecule has 1 N–H and O–H groups in total. The van der Waals surface area contributed by atoms with Crippen molar-refractivity contribution in [3.8, 4) is 0 Å². The first-order valence-electron chi connectivity index (χ1n) is 13.9. The van der Waals surface area contributed by atoms with E-state index in [-0.39, 0.29) is 0 Å². The molecule has 7 atom stereocenters. The van der Waals surface area contributed by atoms with Gasteiger partial charge >= 0.3 is 0 Å². The average molecular weight is 448 g/mol. The maximum Gasteiger partial charge on any atom is 0.133 e. The molecule has 0 aromatic heterocycles. The van der Waals surface area contributed by atoms with E-state index in [0.717, 1.165) is 36.1 Å². The smallest absolute Gasteiger partial charge is 0.133 e. The van der Waals surface area contributed by atoms with E-state index < -0.39 is 0 Å². The number of hydrogen-bond acceptors (Lipinski definition) is 3. The van der Waals surface area contributed by atoms with E-state index in [1.54, 1.807) is 7.11 Å². The Bertz CT molecular complexity index is 604. The fourth-order valence-corrected chi connectivity index (χ4v) is 8.77. The van der Waals surface area contributed by atoms with Gasteiger partial charge in [-0.1, -0.05) is 40.5 Å². The lowest BCUT2D eigenvalue weighted by molar-refractivity contribution is -0.133. The number of rotatable bonds is 7. The minimum atomic E-state index is 0.338. The van der Waals surface area contributed by atoms with Gasteiger partial charge in [0.25, 0.3) is 0 Å². The van der Waals surface area contributed by atoms with Crippen LogP contribution < -0.4 is 5.32 Å². The molecule has 3 heteroatoms. The van der Waals surface area contributed by atoms with Crippen molar-refractivity contribution >= 4 is 5.78 Å². The molecule has 0 radical (unpaired) electrons. The van der Waals surface area contributed by atoms with E-state index in [1.807, 2.05) is 6.92 Å². The molecule has 0 amide bonds. The minimum Gasteiger partial charge on any atom is -0.370 e. The highest BCUT2D eigenvalue weighted by Gasteiger charge is 2.60. The van der Waals surface area contributed by atoms with Crippen molar-refractivity contribution in [3.05, 3.63) is 0 Å². The van der Waals surface area contributed by atoms with Crippen molar-refractivity contribution in [3.63, 3.8) is 0 Å². The van der Waals surface area contributed by atoms with Gasteiger partial charge in [0.2, 0.25) is 0 Å². The first kappa shape index (κ1) is 26.2. The van der Waals surface area contributed by atoms with Gasteiger partial charge in [0.15, 0.2) is 0 Å². The molecule has 0 saturated heterocycles. The molecule has 0 aliphatic heterocycles. The van der Waals surface area contributed by atoms with Crippen LogP contribution in [0.3, 0.4) is 0 Å². The normalized spacial score (nSPS) is 40.7. The van der Waals surface area contributed by atoms with E-state index in [1.165, 1.54) is 77.0 Å².